The molecule has 0 nitrogen and oxygen atoms in total. The molecule has 0 amide bonds. The van der Waals surface area contributed by atoms with Gasteiger partial charge in [-0.25, -0.2) is 0 Å². The molecule has 3 aromatic rings. The molecule has 1 aliphatic carbocycles. The standard InChI is InChI=1S/C26H29P/c1-6-19-11-12-22-23-14-13-21(20-9-7-18(15-27)8-10-20)17(3)25(23)26(4,5)24(22)16(19)2/h7-14H,6,15,27H2,1-5H3. The van der Waals surface area contributed by atoms with Crippen molar-refractivity contribution in [3.05, 3.63) is 81.9 Å². The summed E-state index contributed by atoms with van der Waals surface area (Å²) in [5.41, 5.74) is 14.3. The largest absolute Gasteiger partial charge is 0.133 e. The fraction of sp³-hybridized carbons (Fsp3) is 0.308. The Bertz CT molecular complexity index is 1020. The molecule has 1 unspecified atom stereocenters. The van der Waals surface area contributed by atoms with Crippen molar-refractivity contribution in [1.29, 1.82) is 0 Å². The minimum absolute atomic E-state index is 0.0417. The van der Waals surface area contributed by atoms with Gasteiger partial charge in [-0.3, -0.25) is 0 Å². The third-order valence-corrected chi connectivity index (χ3v) is 6.94. The third kappa shape index (κ3) is 2.69. The van der Waals surface area contributed by atoms with Crippen molar-refractivity contribution in [1.82, 2.24) is 0 Å². The zero-order valence-corrected chi connectivity index (χ0v) is 18.3. The van der Waals surface area contributed by atoms with Crippen LogP contribution in [-0.2, 0) is 18.0 Å². The van der Waals surface area contributed by atoms with E-state index in [2.05, 4.69) is 92.4 Å². The first kappa shape index (κ1) is 18.5. The minimum atomic E-state index is 0.0417. The highest BCUT2D eigenvalue weighted by Crippen LogP contribution is 2.53. The molecule has 1 atom stereocenters. The summed E-state index contributed by atoms with van der Waals surface area (Å²) in [6, 6.07) is 18.4. The van der Waals surface area contributed by atoms with Gasteiger partial charge >= 0.3 is 0 Å². The van der Waals surface area contributed by atoms with Crippen LogP contribution in [0, 0.1) is 13.8 Å². The van der Waals surface area contributed by atoms with Crippen LogP contribution in [0.25, 0.3) is 22.3 Å². The van der Waals surface area contributed by atoms with Gasteiger partial charge in [0.25, 0.3) is 0 Å². The molecule has 0 saturated heterocycles. The van der Waals surface area contributed by atoms with Crippen molar-refractivity contribution in [2.75, 3.05) is 0 Å². The topological polar surface area (TPSA) is 0 Å². The maximum atomic E-state index is 2.80. The molecule has 4 rings (SSSR count). The number of aryl methyl sites for hydroxylation is 1. The van der Waals surface area contributed by atoms with Gasteiger partial charge in [0.15, 0.2) is 0 Å². The molecule has 0 spiro atoms. The fourth-order valence-electron chi connectivity index (χ4n) is 5.17. The summed E-state index contributed by atoms with van der Waals surface area (Å²) in [4.78, 5) is 0. The van der Waals surface area contributed by atoms with Gasteiger partial charge in [-0.05, 0) is 82.1 Å². The van der Waals surface area contributed by atoms with Crippen LogP contribution in [0.1, 0.15) is 54.2 Å². The number of hydrogen-bond acceptors (Lipinski definition) is 0. The first-order chi connectivity index (χ1) is 12.9. The van der Waals surface area contributed by atoms with Gasteiger partial charge < -0.3 is 0 Å². The molecule has 0 bridgehead atoms. The number of benzene rings is 3. The van der Waals surface area contributed by atoms with Crippen LogP contribution in [-0.4, -0.2) is 0 Å². The molecule has 0 aromatic heterocycles. The summed E-state index contributed by atoms with van der Waals surface area (Å²) in [6.07, 6.45) is 2.10. The summed E-state index contributed by atoms with van der Waals surface area (Å²) in [5, 5.41) is 0. The highest BCUT2D eigenvalue weighted by atomic mass is 31.0. The molecule has 27 heavy (non-hydrogen) atoms. The number of hydrogen-bond donors (Lipinski definition) is 0. The van der Waals surface area contributed by atoms with E-state index in [0.29, 0.717) is 0 Å². The van der Waals surface area contributed by atoms with Crippen molar-refractivity contribution in [3.8, 4) is 22.3 Å². The van der Waals surface area contributed by atoms with Crippen LogP contribution in [0.4, 0.5) is 0 Å². The summed E-state index contributed by atoms with van der Waals surface area (Å²) >= 11 is 0. The maximum Gasteiger partial charge on any atom is 0.0164 e. The van der Waals surface area contributed by atoms with E-state index in [1.54, 1.807) is 0 Å². The first-order valence-corrected chi connectivity index (χ1v) is 10.8. The number of fused-ring (bicyclic) bond motifs is 3. The monoisotopic (exact) mass is 372 g/mol. The molecule has 3 aromatic carbocycles. The average molecular weight is 372 g/mol. The molecule has 0 heterocycles. The van der Waals surface area contributed by atoms with Gasteiger partial charge in [-0.15, -0.1) is 9.24 Å². The molecular weight excluding hydrogens is 343 g/mol. The normalized spacial score (nSPS) is 14.1. The second kappa shape index (κ2) is 6.61. The van der Waals surface area contributed by atoms with Crippen molar-refractivity contribution in [3.63, 3.8) is 0 Å². The van der Waals surface area contributed by atoms with E-state index < -0.39 is 0 Å². The van der Waals surface area contributed by atoms with Gasteiger partial charge in [-0.1, -0.05) is 69.3 Å². The SMILES string of the molecule is CCc1ccc2c(c1C)C(C)(C)c1c-2ccc(-c2ccc(CP)cc2)c1C. The zero-order chi connectivity index (χ0) is 19.3. The Balaban J connectivity index is 1.93. The fourth-order valence-corrected chi connectivity index (χ4v) is 5.44. The highest BCUT2D eigenvalue weighted by molar-refractivity contribution is 7.15. The lowest BCUT2D eigenvalue weighted by Gasteiger charge is -2.27. The molecule has 138 valence electrons. The molecule has 0 fully saturated rings. The van der Waals surface area contributed by atoms with Gasteiger partial charge in [-0.2, -0.15) is 0 Å². The quantitative estimate of drug-likeness (QED) is 0.426. The molecule has 0 saturated carbocycles. The van der Waals surface area contributed by atoms with E-state index in [9.17, 15) is 0 Å². The summed E-state index contributed by atoms with van der Waals surface area (Å²) in [5.74, 6) is 0. The maximum absolute atomic E-state index is 2.80. The van der Waals surface area contributed by atoms with E-state index in [-0.39, 0.29) is 5.41 Å². The summed E-state index contributed by atoms with van der Waals surface area (Å²) in [6.45, 7) is 11.7. The van der Waals surface area contributed by atoms with E-state index in [1.165, 1.54) is 55.6 Å². The molecular formula is C26H29P. The molecule has 0 radical (unpaired) electrons. The van der Waals surface area contributed by atoms with E-state index in [4.69, 9.17) is 0 Å². The second-order valence-corrected chi connectivity index (χ2v) is 8.72. The van der Waals surface area contributed by atoms with E-state index >= 15 is 0 Å². The third-order valence-electron chi connectivity index (χ3n) is 6.46. The Morgan fingerprint density at radius 3 is 1.89 bits per heavy atom. The van der Waals surface area contributed by atoms with E-state index in [1.807, 2.05) is 0 Å². The lowest BCUT2D eigenvalue weighted by molar-refractivity contribution is 0.650. The van der Waals surface area contributed by atoms with Crippen molar-refractivity contribution in [2.45, 2.75) is 52.6 Å². The predicted octanol–water partition coefficient (Wildman–Crippen LogP) is 7.21. The molecule has 1 aliphatic rings. The molecule has 0 aliphatic heterocycles. The lowest BCUT2D eigenvalue weighted by atomic mass is 9.76. The first-order valence-electron chi connectivity index (χ1n) is 9.97. The minimum Gasteiger partial charge on any atom is -0.133 e. The Morgan fingerprint density at radius 1 is 0.741 bits per heavy atom. The van der Waals surface area contributed by atoms with Crippen LogP contribution in [0.2, 0.25) is 0 Å². The van der Waals surface area contributed by atoms with Crippen molar-refractivity contribution >= 4 is 9.24 Å². The van der Waals surface area contributed by atoms with Gasteiger partial charge in [0, 0.05) is 5.41 Å². The van der Waals surface area contributed by atoms with Crippen LogP contribution in [0.15, 0.2) is 48.5 Å². The summed E-state index contributed by atoms with van der Waals surface area (Å²) < 4.78 is 0. The Kier molecular flexibility index (Phi) is 4.52. The highest BCUT2D eigenvalue weighted by Gasteiger charge is 2.38. The van der Waals surface area contributed by atoms with Crippen LogP contribution < -0.4 is 0 Å². The second-order valence-electron chi connectivity index (χ2n) is 8.31. The zero-order valence-electron chi connectivity index (χ0n) is 17.1. The molecule has 1 heteroatoms. The average Bonchev–Trinajstić information content (AvgIpc) is 2.91. The summed E-state index contributed by atoms with van der Waals surface area (Å²) in [7, 11) is 2.80. The predicted molar refractivity (Wildman–Crippen MR) is 122 cm³/mol. The van der Waals surface area contributed by atoms with Gasteiger partial charge in [0.1, 0.15) is 0 Å². The van der Waals surface area contributed by atoms with Crippen molar-refractivity contribution in [2.24, 2.45) is 0 Å². The van der Waals surface area contributed by atoms with Crippen LogP contribution in [0.5, 0.6) is 0 Å². The van der Waals surface area contributed by atoms with Gasteiger partial charge in [0.2, 0.25) is 0 Å². The Labute approximate surface area is 166 Å². The van der Waals surface area contributed by atoms with Crippen molar-refractivity contribution < 1.29 is 0 Å². The van der Waals surface area contributed by atoms with E-state index in [0.717, 1.165) is 12.6 Å². The lowest BCUT2D eigenvalue weighted by Crippen LogP contribution is -2.18. The smallest absolute Gasteiger partial charge is 0.0164 e. The van der Waals surface area contributed by atoms with Crippen LogP contribution >= 0.6 is 9.24 Å². The molecule has 0 N–H and O–H groups in total. The Hall–Kier alpha value is -1.91. The number of rotatable bonds is 3. The Morgan fingerprint density at radius 2 is 1.30 bits per heavy atom. The van der Waals surface area contributed by atoms with Crippen LogP contribution in [0.3, 0.4) is 0 Å². The van der Waals surface area contributed by atoms with Gasteiger partial charge in [0.05, 0.1) is 0 Å².